The highest BCUT2D eigenvalue weighted by Gasteiger charge is 2.12. The van der Waals surface area contributed by atoms with Gasteiger partial charge in [-0.05, 0) is 82.3 Å². The smallest absolute Gasteiger partial charge is 0.0983 e. The minimum absolute atomic E-state index is 0.175. The normalized spacial score (nSPS) is 12.3. The Morgan fingerprint density at radius 2 is 1.61 bits per heavy atom. The number of ether oxygens (including phenoxy) is 1. The Morgan fingerprint density at radius 1 is 1.00 bits per heavy atom. The first kappa shape index (κ1) is 17.3. The highest BCUT2D eigenvalue weighted by molar-refractivity contribution is 5.76. The molecule has 0 fully saturated rings. The molecular weight excluding hydrogens is 282 g/mol. The molecule has 1 aromatic heterocycles. The summed E-state index contributed by atoms with van der Waals surface area (Å²) < 4.78 is 5.83. The molecule has 0 amide bonds. The molecule has 0 bridgehead atoms. The number of aromatic nitrogens is 1. The highest BCUT2D eigenvalue weighted by atomic mass is 16.5. The van der Waals surface area contributed by atoms with Gasteiger partial charge in [0.25, 0.3) is 0 Å². The van der Waals surface area contributed by atoms with Gasteiger partial charge in [-0.2, -0.15) is 0 Å². The molecule has 2 heteroatoms. The summed E-state index contributed by atoms with van der Waals surface area (Å²) in [4.78, 5) is 4.61. The number of hydrogen-bond donors (Lipinski definition) is 0. The first-order chi connectivity index (χ1) is 10.8. The van der Waals surface area contributed by atoms with E-state index in [1.165, 1.54) is 27.8 Å². The van der Waals surface area contributed by atoms with Crippen LogP contribution >= 0.6 is 0 Å². The number of pyridine rings is 1. The van der Waals surface area contributed by atoms with E-state index in [1.54, 1.807) is 0 Å². The largest absolute Gasteiger partial charge is 0.495 e. The quantitative estimate of drug-likeness (QED) is 0.661. The lowest BCUT2D eigenvalue weighted by molar-refractivity contribution is 0.150. The topological polar surface area (TPSA) is 22.1 Å². The van der Waals surface area contributed by atoms with Gasteiger partial charge >= 0.3 is 0 Å². The predicted octanol–water partition coefficient (Wildman–Crippen LogP) is 5.85. The Labute approximate surface area is 140 Å². The molecule has 0 aliphatic heterocycles. The summed E-state index contributed by atoms with van der Waals surface area (Å²) in [5.74, 6) is 0.934. The standard InChI is InChI=1S/C21H27NO/c1-13(2)23-18(7)17(6)20-11-19(16(5)12-22-20)21-14(3)9-8-10-15(21)4/h8-13H,1-7H3/b18-17-. The monoisotopic (exact) mass is 309 g/mol. The van der Waals surface area contributed by atoms with Crippen LogP contribution in [0.25, 0.3) is 16.7 Å². The zero-order chi connectivity index (χ0) is 17.1. The molecule has 0 saturated carbocycles. The first-order valence-corrected chi connectivity index (χ1v) is 8.19. The summed E-state index contributed by atoms with van der Waals surface area (Å²) in [7, 11) is 0. The third-order valence-electron chi connectivity index (χ3n) is 4.18. The van der Waals surface area contributed by atoms with Crippen LogP contribution in [-0.4, -0.2) is 11.1 Å². The third-order valence-corrected chi connectivity index (χ3v) is 4.18. The van der Waals surface area contributed by atoms with Gasteiger partial charge < -0.3 is 4.74 Å². The minimum atomic E-state index is 0.175. The minimum Gasteiger partial charge on any atom is -0.495 e. The van der Waals surface area contributed by atoms with Gasteiger partial charge in [0.05, 0.1) is 17.6 Å². The zero-order valence-corrected chi connectivity index (χ0v) is 15.3. The molecule has 2 nitrogen and oxygen atoms in total. The third kappa shape index (κ3) is 3.82. The van der Waals surface area contributed by atoms with Crippen LogP contribution in [0, 0.1) is 20.8 Å². The van der Waals surface area contributed by atoms with Gasteiger partial charge in [0.15, 0.2) is 0 Å². The van der Waals surface area contributed by atoms with Crippen LogP contribution in [0.4, 0.5) is 0 Å². The van der Waals surface area contributed by atoms with Crippen LogP contribution < -0.4 is 0 Å². The van der Waals surface area contributed by atoms with Crippen molar-refractivity contribution in [3.05, 3.63) is 58.6 Å². The van der Waals surface area contributed by atoms with Crippen molar-refractivity contribution in [2.45, 2.75) is 54.6 Å². The molecule has 0 saturated heterocycles. The second-order valence-electron chi connectivity index (χ2n) is 6.50. The fourth-order valence-corrected chi connectivity index (χ4v) is 2.86. The Bertz CT molecular complexity index is 721. The summed E-state index contributed by atoms with van der Waals surface area (Å²) in [6.45, 7) is 14.6. The lowest BCUT2D eigenvalue weighted by atomic mass is 9.92. The average Bonchev–Trinajstić information content (AvgIpc) is 2.47. The van der Waals surface area contributed by atoms with Gasteiger partial charge in [-0.25, -0.2) is 0 Å². The Balaban J connectivity index is 2.57. The molecule has 0 atom stereocenters. The lowest BCUT2D eigenvalue weighted by Crippen LogP contribution is -2.03. The Kier molecular flexibility index (Phi) is 5.25. The summed E-state index contributed by atoms with van der Waals surface area (Å²) in [6.07, 6.45) is 2.14. The molecule has 0 N–H and O–H groups in total. The molecular formula is C21H27NO. The summed E-state index contributed by atoms with van der Waals surface area (Å²) in [5, 5.41) is 0. The fourth-order valence-electron chi connectivity index (χ4n) is 2.86. The van der Waals surface area contributed by atoms with Gasteiger partial charge in [0.2, 0.25) is 0 Å². The summed E-state index contributed by atoms with van der Waals surface area (Å²) >= 11 is 0. The number of hydrogen-bond acceptors (Lipinski definition) is 2. The van der Waals surface area contributed by atoms with Crippen molar-refractivity contribution >= 4 is 5.57 Å². The molecule has 0 aliphatic carbocycles. The molecule has 0 aliphatic rings. The second kappa shape index (κ2) is 6.99. The SMILES string of the molecule is C/C(OC(C)C)=C(\C)c1cc(-c2c(C)cccc2C)c(C)cn1. The van der Waals surface area contributed by atoms with E-state index in [2.05, 4.69) is 56.9 Å². The van der Waals surface area contributed by atoms with Crippen LogP contribution in [-0.2, 0) is 4.74 Å². The van der Waals surface area contributed by atoms with E-state index in [0.717, 1.165) is 17.0 Å². The maximum Gasteiger partial charge on any atom is 0.0983 e. The van der Waals surface area contributed by atoms with Gasteiger partial charge in [-0.1, -0.05) is 18.2 Å². The van der Waals surface area contributed by atoms with Crippen LogP contribution in [0.15, 0.2) is 36.2 Å². The lowest BCUT2D eigenvalue weighted by Gasteiger charge is -2.16. The van der Waals surface area contributed by atoms with E-state index >= 15 is 0 Å². The van der Waals surface area contributed by atoms with E-state index in [-0.39, 0.29) is 6.10 Å². The van der Waals surface area contributed by atoms with Gasteiger partial charge in [0, 0.05) is 11.8 Å². The van der Waals surface area contributed by atoms with Crippen molar-refractivity contribution < 1.29 is 4.74 Å². The summed E-state index contributed by atoms with van der Waals surface area (Å²) in [5.41, 5.74) is 8.41. The predicted molar refractivity (Wildman–Crippen MR) is 98.4 cm³/mol. The van der Waals surface area contributed by atoms with Crippen molar-refractivity contribution in [3.63, 3.8) is 0 Å². The van der Waals surface area contributed by atoms with Crippen molar-refractivity contribution in [2.75, 3.05) is 0 Å². The molecule has 0 radical (unpaired) electrons. The van der Waals surface area contributed by atoms with Crippen LogP contribution in [0.5, 0.6) is 0 Å². The maximum atomic E-state index is 5.83. The summed E-state index contributed by atoms with van der Waals surface area (Å²) in [6, 6.07) is 8.62. The van der Waals surface area contributed by atoms with Crippen LogP contribution in [0.2, 0.25) is 0 Å². The molecule has 2 rings (SSSR count). The van der Waals surface area contributed by atoms with E-state index in [1.807, 2.05) is 27.0 Å². The molecule has 23 heavy (non-hydrogen) atoms. The number of rotatable bonds is 4. The number of allylic oxidation sites excluding steroid dienone is 2. The number of nitrogens with zero attached hydrogens (tertiary/aromatic N) is 1. The zero-order valence-electron chi connectivity index (χ0n) is 15.3. The van der Waals surface area contributed by atoms with Gasteiger partial charge in [-0.15, -0.1) is 0 Å². The highest BCUT2D eigenvalue weighted by Crippen LogP contribution is 2.31. The molecule has 0 unspecified atom stereocenters. The number of aryl methyl sites for hydroxylation is 3. The van der Waals surface area contributed by atoms with Crippen LogP contribution in [0.3, 0.4) is 0 Å². The van der Waals surface area contributed by atoms with Gasteiger partial charge in [0.1, 0.15) is 0 Å². The molecule has 0 spiro atoms. The van der Waals surface area contributed by atoms with Crippen molar-refractivity contribution in [1.82, 2.24) is 4.98 Å². The maximum absolute atomic E-state index is 5.83. The van der Waals surface area contributed by atoms with E-state index < -0.39 is 0 Å². The van der Waals surface area contributed by atoms with E-state index in [0.29, 0.717) is 0 Å². The van der Waals surface area contributed by atoms with Crippen molar-refractivity contribution in [3.8, 4) is 11.1 Å². The second-order valence-corrected chi connectivity index (χ2v) is 6.50. The molecule has 122 valence electrons. The molecule has 2 aromatic rings. The van der Waals surface area contributed by atoms with E-state index in [9.17, 15) is 0 Å². The van der Waals surface area contributed by atoms with Crippen molar-refractivity contribution in [1.29, 1.82) is 0 Å². The average molecular weight is 309 g/mol. The Morgan fingerprint density at radius 3 is 2.17 bits per heavy atom. The number of benzene rings is 1. The van der Waals surface area contributed by atoms with Crippen molar-refractivity contribution in [2.24, 2.45) is 0 Å². The van der Waals surface area contributed by atoms with Gasteiger partial charge in [-0.3, -0.25) is 4.98 Å². The van der Waals surface area contributed by atoms with E-state index in [4.69, 9.17) is 4.74 Å². The van der Waals surface area contributed by atoms with Crippen LogP contribution in [0.1, 0.15) is 50.1 Å². The first-order valence-electron chi connectivity index (χ1n) is 8.19. The Hall–Kier alpha value is -2.09. The molecule has 1 heterocycles. The molecule has 1 aromatic carbocycles. The fraction of sp³-hybridized carbons (Fsp3) is 0.381.